The lowest BCUT2D eigenvalue weighted by Gasteiger charge is -2.35. The zero-order valence-corrected chi connectivity index (χ0v) is 13.6. The molecule has 0 radical (unpaired) electrons. The summed E-state index contributed by atoms with van der Waals surface area (Å²) < 4.78 is 0. The summed E-state index contributed by atoms with van der Waals surface area (Å²) in [5, 5.41) is 10.4. The lowest BCUT2D eigenvalue weighted by Crippen LogP contribution is -2.48. The highest BCUT2D eigenvalue weighted by molar-refractivity contribution is 5.29. The number of hydrogen-bond acceptors (Lipinski definition) is 5. The molecule has 1 fully saturated rings. The molecule has 0 spiro atoms. The minimum absolute atomic E-state index is 0.430. The zero-order chi connectivity index (χ0) is 16.1. The molecule has 122 valence electrons. The van der Waals surface area contributed by atoms with Gasteiger partial charge >= 0.3 is 0 Å². The fourth-order valence-corrected chi connectivity index (χ4v) is 2.91. The van der Waals surface area contributed by atoms with Crippen molar-refractivity contribution >= 4 is 5.95 Å². The third kappa shape index (κ3) is 4.06. The van der Waals surface area contributed by atoms with Gasteiger partial charge < -0.3 is 10.0 Å². The number of aryl methyl sites for hydroxylation is 1. The number of piperazine rings is 1. The van der Waals surface area contributed by atoms with Gasteiger partial charge in [0.2, 0.25) is 5.95 Å². The Kier molecular flexibility index (Phi) is 5.20. The summed E-state index contributed by atoms with van der Waals surface area (Å²) >= 11 is 0. The predicted molar refractivity (Wildman–Crippen MR) is 91.5 cm³/mol. The molecule has 1 saturated heterocycles. The third-order valence-corrected chi connectivity index (χ3v) is 4.41. The van der Waals surface area contributed by atoms with Crippen LogP contribution in [-0.2, 0) is 6.42 Å². The summed E-state index contributed by atoms with van der Waals surface area (Å²) in [5.74, 6) is 0.794. The zero-order valence-electron chi connectivity index (χ0n) is 13.6. The molecule has 2 aromatic rings. The van der Waals surface area contributed by atoms with Crippen LogP contribution >= 0.6 is 0 Å². The third-order valence-electron chi connectivity index (χ3n) is 4.41. The van der Waals surface area contributed by atoms with Gasteiger partial charge in [-0.15, -0.1) is 0 Å². The van der Waals surface area contributed by atoms with Crippen LogP contribution in [-0.4, -0.2) is 52.7 Å². The maximum Gasteiger partial charge on any atom is 0.225 e. The van der Waals surface area contributed by atoms with Crippen LogP contribution in [0.25, 0.3) is 0 Å². The summed E-state index contributed by atoms with van der Waals surface area (Å²) in [7, 11) is 0. The highest BCUT2D eigenvalue weighted by Crippen LogP contribution is 2.17. The van der Waals surface area contributed by atoms with Crippen molar-refractivity contribution in [1.29, 1.82) is 0 Å². The summed E-state index contributed by atoms with van der Waals surface area (Å²) in [6.07, 6.45) is 4.15. The van der Waals surface area contributed by atoms with Crippen molar-refractivity contribution in [2.24, 2.45) is 0 Å². The van der Waals surface area contributed by atoms with Gasteiger partial charge in [-0.2, -0.15) is 0 Å². The van der Waals surface area contributed by atoms with Gasteiger partial charge in [0.1, 0.15) is 0 Å². The van der Waals surface area contributed by atoms with E-state index in [1.54, 1.807) is 12.4 Å². The molecule has 3 rings (SSSR count). The van der Waals surface area contributed by atoms with E-state index < -0.39 is 6.10 Å². The maximum absolute atomic E-state index is 10.4. The molecule has 1 aromatic heterocycles. The standard InChI is InChI=1S/C18H24N4O/c1-2-15-4-6-16(7-5-15)17(23)14-21-10-12-22(13-11-21)18-19-8-3-9-20-18/h3-9,17,23H,2,10-14H2,1H3/t17-/m0/s1. The Labute approximate surface area is 137 Å². The normalized spacial score (nSPS) is 17.2. The van der Waals surface area contributed by atoms with Crippen molar-refractivity contribution in [3.8, 4) is 0 Å². The molecule has 23 heavy (non-hydrogen) atoms. The van der Waals surface area contributed by atoms with Crippen LogP contribution in [0.1, 0.15) is 24.2 Å². The van der Waals surface area contributed by atoms with Gasteiger partial charge in [-0.1, -0.05) is 31.2 Å². The van der Waals surface area contributed by atoms with Crippen molar-refractivity contribution in [2.75, 3.05) is 37.6 Å². The van der Waals surface area contributed by atoms with E-state index >= 15 is 0 Å². The van der Waals surface area contributed by atoms with Gasteiger partial charge in [0.15, 0.2) is 0 Å². The minimum Gasteiger partial charge on any atom is -0.387 e. The molecule has 0 amide bonds. The average Bonchev–Trinajstić information content (AvgIpc) is 2.63. The molecule has 5 nitrogen and oxygen atoms in total. The molecular weight excluding hydrogens is 288 g/mol. The van der Waals surface area contributed by atoms with E-state index in [4.69, 9.17) is 0 Å². The van der Waals surface area contributed by atoms with Crippen molar-refractivity contribution < 1.29 is 5.11 Å². The predicted octanol–water partition coefficient (Wildman–Crippen LogP) is 1.89. The first-order valence-corrected chi connectivity index (χ1v) is 8.27. The Morgan fingerprint density at radius 3 is 2.30 bits per heavy atom. The number of aliphatic hydroxyl groups excluding tert-OH is 1. The Morgan fingerprint density at radius 2 is 1.70 bits per heavy atom. The number of benzene rings is 1. The molecular formula is C18H24N4O. The van der Waals surface area contributed by atoms with Crippen LogP contribution in [0, 0.1) is 0 Å². The first-order valence-electron chi connectivity index (χ1n) is 8.27. The molecule has 1 aromatic carbocycles. The average molecular weight is 312 g/mol. The van der Waals surface area contributed by atoms with Crippen LogP contribution in [0.15, 0.2) is 42.7 Å². The highest BCUT2D eigenvalue weighted by atomic mass is 16.3. The van der Waals surface area contributed by atoms with Crippen molar-refractivity contribution in [3.05, 3.63) is 53.9 Å². The number of aromatic nitrogens is 2. The minimum atomic E-state index is -0.430. The number of β-amino-alcohol motifs (C(OH)–C–C–N with tert-alkyl or cyclic N) is 1. The van der Waals surface area contributed by atoms with Gasteiger partial charge in [0, 0.05) is 45.1 Å². The van der Waals surface area contributed by atoms with E-state index in [2.05, 4.69) is 38.8 Å². The number of anilines is 1. The molecule has 1 N–H and O–H groups in total. The highest BCUT2D eigenvalue weighted by Gasteiger charge is 2.21. The summed E-state index contributed by atoms with van der Waals surface area (Å²) in [6.45, 7) is 6.44. The summed E-state index contributed by atoms with van der Waals surface area (Å²) in [4.78, 5) is 13.1. The van der Waals surface area contributed by atoms with Crippen LogP contribution in [0.5, 0.6) is 0 Å². The smallest absolute Gasteiger partial charge is 0.225 e. The number of nitrogens with zero attached hydrogens (tertiary/aromatic N) is 4. The number of rotatable bonds is 5. The largest absolute Gasteiger partial charge is 0.387 e. The van der Waals surface area contributed by atoms with Crippen molar-refractivity contribution in [1.82, 2.24) is 14.9 Å². The van der Waals surface area contributed by atoms with E-state index in [-0.39, 0.29) is 0 Å². The number of hydrogen-bond donors (Lipinski definition) is 1. The second-order valence-electron chi connectivity index (χ2n) is 5.95. The maximum atomic E-state index is 10.4. The first kappa shape index (κ1) is 15.9. The quantitative estimate of drug-likeness (QED) is 0.914. The molecule has 2 heterocycles. The fraction of sp³-hybridized carbons (Fsp3) is 0.444. The monoisotopic (exact) mass is 312 g/mol. The van der Waals surface area contributed by atoms with E-state index in [1.807, 2.05) is 18.2 Å². The SMILES string of the molecule is CCc1ccc([C@@H](O)CN2CCN(c3ncccn3)CC2)cc1. The van der Waals surface area contributed by atoms with Gasteiger partial charge in [-0.3, -0.25) is 4.90 Å². The molecule has 0 aliphatic carbocycles. The summed E-state index contributed by atoms with van der Waals surface area (Å²) in [5.41, 5.74) is 2.30. The van der Waals surface area contributed by atoms with Crippen LogP contribution in [0.4, 0.5) is 5.95 Å². The molecule has 5 heteroatoms. The number of aliphatic hydroxyl groups is 1. The molecule has 1 aliphatic rings. The van der Waals surface area contributed by atoms with E-state index in [1.165, 1.54) is 5.56 Å². The fourth-order valence-electron chi connectivity index (χ4n) is 2.91. The molecule has 1 atom stereocenters. The van der Waals surface area contributed by atoms with Gasteiger partial charge in [-0.05, 0) is 23.6 Å². The van der Waals surface area contributed by atoms with Gasteiger partial charge in [0.05, 0.1) is 6.10 Å². The van der Waals surface area contributed by atoms with Crippen LogP contribution < -0.4 is 4.90 Å². The Bertz CT molecular complexity index is 594. The molecule has 0 bridgehead atoms. The van der Waals surface area contributed by atoms with E-state index in [0.29, 0.717) is 6.54 Å². The summed E-state index contributed by atoms with van der Waals surface area (Å²) in [6, 6.07) is 10.1. The van der Waals surface area contributed by atoms with Crippen molar-refractivity contribution in [3.63, 3.8) is 0 Å². The lowest BCUT2D eigenvalue weighted by molar-refractivity contribution is 0.109. The molecule has 1 aliphatic heterocycles. The molecule has 0 saturated carbocycles. The van der Waals surface area contributed by atoms with E-state index in [9.17, 15) is 5.11 Å². The second-order valence-corrected chi connectivity index (χ2v) is 5.95. The van der Waals surface area contributed by atoms with Gasteiger partial charge in [0.25, 0.3) is 0 Å². The Hall–Kier alpha value is -1.98. The van der Waals surface area contributed by atoms with Crippen LogP contribution in [0.3, 0.4) is 0 Å². The Balaban J connectivity index is 1.51. The van der Waals surface area contributed by atoms with Crippen molar-refractivity contribution in [2.45, 2.75) is 19.4 Å². The molecule has 0 unspecified atom stereocenters. The van der Waals surface area contributed by atoms with Crippen LogP contribution in [0.2, 0.25) is 0 Å². The Morgan fingerprint density at radius 1 is 1.04 bits per heavy atom. The van der Waals surface area contributed by atoms with E-state index in [0.717, 1.165) is 44.1 Å². The first-order chi connectivity index (χ1) is 11.3. The topological polar surface area (TPSA) is 52.5 Å². The van der Waals surface area contributed by atoms with Gasteiger partial charge in [-0.25, -0.2) is 9.97 Å². The second kappa shape index (κ2) is 7.53. The lowest BCUT2D eigenvalue weighted by atomic mass is 10.1.